The van der Waals surface area contributed by atoms with E-state index in [0.29, 0.717) is 0 Å². The van der Waals surface area contributed by atoms with Crippen molar-refractivity contribution in [3.8, 4) is 11.5 Å². The fourth-order valence-corrected chi connectivity index (χ4v) is 2.18. The molecule has 0 saturated heterocycles. The second-order valence-electron chi connectivity index (χ2n) is 4.70. The molecule has 4 nitrogen and oxygen atoms in total. The fraction of sp³-hybridized carbons (Fsp3) is 0.176. The van der Waals surface area contributed by atoms with E-state index < -0.39 is 0 Å². The highest BCUT2D eigenvalue weighted by Crippen LogP contribution is 2.29. The Bertz CT molecular complexity index is 737. The lowest BCUT2D eigenvalue weighted by Gasteiger charge is -2.12. The summed E-state index contributed by atoms with van der Waals surface area (Å²) in [6.45, 7) is 3.75. The second-order valence-corrected chi connectivity index (χ2v) is 4.70. The zero-order valence-electron chi connectivity index (χ0n) is 11.9. The predicted octanol–water partition coefficient (Wildman–Crippen LogP) is 3.53. The van der Waals surface area contributed by atoms with Gasteiger partial charge in [-0.1, -0.05) is 25.1 Å². The largest absolute Gasteiger partial charge is 0.453 e. The number of nitrogens with one attached hydrogen (secondary N) is 1. The van der Waals surface area contributed by atoms with Crippen LogP contribution in [-0.2, 0) is 6.54 Å². The molecule has 0 aliphatic heterocycles. The van der Waals surface area contributed by atoms with Crippen LogP contribution in [0.3, 0.4) is 0 Å². The lowest BCUT2D eigenvalue weighted by Crippen LogP contribution is -2.12. The first-order valence-electron chi connectivity index (χ1n) is 7.03. The summed E-state index contributed by atoms with van der Waals surface area (Å²) in [6.07, 6.45) is 5.30. The molecule has 0 atom stereocenters. The summed E-state index contributed by atoms with van der Waals surface area (Å²) in [5.41, 5.74) is 1.94. The molecule has 21 heavy (non-hydrogen) atoms. The summed E-state index contributed by atoms with van der Waals surface area (Å²) in [7, 11) is 0. The van der Waals surface area contributed by atoms with E-state index in [1.165, 1.54) is 0 Å². The molecule has 0 fully saturated rings. The number of ether oxygens (including phenoxy) is 1. The van der Waals surface area contributed by atoms with E-state index >= 15 is 0 Å². The first-order chi connectivity index (χ1) is 10.4. The average molecular weight is 279 g/mol. The van der Waals surface area contributed by atoms with Gasteiger partial charge in [-0.2, -0.15) is 0 Å². The number of rotatable bonds is 5. The van der Waals surface area contributed by atoms with Crippen LogP contribution < -0.4 is 10.1 Å². The Balaban J connectivity index is 1.95. The number of fused-ring (bicyclic) bond motifs is 1. The number of benzene rings is 1. The van der Waals surface area contributed by atoms with Crippen LogP contribution in [0.5, 0.6) is 11.5 Å². The quantitative estimate of drug-likeness (QED) is 0.776. The molecule has 0 spiro atoms. The SMILES string of the molecule is CCNCc1ccncc1Oc1cccc2cccnc12. The fourth-order valence-electron chi connectivity index (χ4n) is 2.18. The maximum atomic E-state index is 6.05. The number of hydrogen-bond acceptors (Lipinski definition) is 4. The molecule has 0 amide bonds. The molecule has 106 valence electrons. The Kier molecular flexibility index (Phi) is 4.07. The van der Waals surface area contributed by atoms with E-state index in [9.17, 15) is 0 Å². The van der Waals surface area contributed by atoms with E-state index in [1.807, 2.05) is 36.4 Å². The molecule has 0 aliphatic carbocycles. The van der Waals surface area contributed by atoms with Crippen LogP contribution in [-0.4, -0.2) is 16.5 Å². The van der Waals surface area contributed by atoms with Gasteiger partial charge in [-0.15, -0.1) is 0 Å². The molecule has 2 aromatic heterocycles. The molecule has 3 aromatic rings. The van der Waals surface area contributed by atoms with Crippen molar-refractivity contribution in [3.63, 3.8) is 0 Å². The first kappa shape index (κ1) is 13.5. The molecule has 1 aromatic carbocycles. The monoisotopic (exact) mass is 279 g/mol. The third-order valence-corrected chi connectivity index (χ3v) is 3.25. The molecule has 0 radical (unpaired) electrons. The molecule has 0 saturated carbocycles. The number of hydrogen-bond donors (Lipinski definition) is 1. The molecule has 4 heteroatoms. The smallest absolute Gasteiger partial charge is 0.153 e. The maximum Gasteiger partial charge on any atom is 0.153 e. The Morgan fingerprint density at radius 2 is 1.95 bits per heavy atom. The summed E-state index contributed by atoms with van der Waals surface area (Å²) >= 11 is 0. The van der Waals surface area contributed by atoms with Gasteiger partial charge < -0.3 is 10.1 Å². The van der Waals surface area contributed by atoms with Gasteiger partial charge in [-0.25, -0.2) is 0 Å². The summed E-state index contributed by atoms with van der Waals surface area (Å²) in [5.74, 6) is 1.51. The van der Waals surface area contributed by atoms with Gasteiger partial charge in [0.1, 0.15) is 11.3 Å². The van der Waals surface area contributed by atoms with Crippen molar-refractivity contribution in [2.75, 3.05) is 6.54 Å². The highest BCUT2D eigenvalue weighted by Gasteiger charge is 2.08. The van der Waals surface area contributed by atoms with Crippen LogP contribution in [0.2, 0.25) is 0 Å². The van der Waals surface area contributed by atoms with Crippen molar-refractivity contribution < 1.29 is 4.74 Å². The van der Waals surface area contributed by atoms with Gasteiger partial charge in [-0.3, -0.25) is 9.97 Å². The average Bonchev–Trinajstić information content (AvgIpc) is 2.54. The van der Waals surface area contributed by atoms with Gasteiger partial charge >= 0.3 is 0 Å². The van der Waals surface area contributed by atoms with E-state index in [4.69, 9.17) is 4.74 Å². The van der Waals surface area contributed by atoms with Crippen molar-refractivity contribution in [3.05, 3.63) is 60.6 Å². The summed E-state index contributed by atoms with van der Waals surface area (Å²) in [4.78, 5) is 8.56. The van der Waals surface area contributed by atoms with Gasteiger partial charge in [0.25, 0.3) is 0 Å². The lowest BCUT2D eigenvalue weighted by molar-refractivity contribution is 0.475. The zero-order chi connectivity index (χ0) is 14.5. The molecule has 3 rings (SSSR count). The third-order valence-electron chi connectivity index (χ3n) is 3.25. The summed E-state index contributed by atoms with van der Waals surface area (Å²) < 4.78 is 6.05. The van der Waals surface area contributed by atoms with Crippen molar-refractivity contribution in [1.82, 2.24) is 15.3 Å². The van der Waals surface area contributed by atoms with Crippen LogP contribution in [0.1, 0.15) is 12.5 Å². The minimum atomic E-state index is 0.749. The maximum absolute atomic E-state index is 6.05. The number of pyridine rings is 2. The predicted molar refractivity (Wildman–Crippen MR) is 83.4 cm³/mol. The molecule has 0 bridgehead atoms. The minimum absolute atomic E-state index is 0.749. The first-order valence-corrected chi connectivity index (χ1v) is 7.03. The Morgan fingerprint density at radius 3 is 2.86 bits per heavy atom. The topological polar surface area (TPSA) is 47.0 Å². The zero-order valence-corrected chi connectivity index (χ0v) is 11.9. The van der Waals surface area contributed by atoms with Crippen molar-refractivity contribution >= 4 is 10.9 Å². The van der Waals surface area contributed by atoms with Gasteiger partial charge in [0, 0.05) is 29.9 Å². The van der Waals surface area contributed by atoms with E-state index in [1.54, 1.807) is 18.6 Å². The van der Waals surface area contributed by atoms with Crippen LogP contribution in [0.25, 0.3) is 10.9 Å². The third kappa shape index (κ3) is 3.01. The van der Waals surface area contributed by atoms with E-state index in [0.717, 1.165) is 41.1 Å². The molecular weight excluding hydrogens is 262 g/mol. The number of nitrogens with zero attached hydrogens (tertiary/aromatic N) is 2. The van der Waals surface area contributed by atoms with Crippen LogP contribution >= 0.6 is 0 Å². The summed E-state index contributed by atoms with van der Waals surface area (Å²) in [6, 6.07) is 11.8. The van der Waals surface area contributed by atoms with Crippen molar-refractivity contribution in [2.24, 2.45) is 0 Å². The standard InChI is InChI=1S/C17H17N3O/c1-2-18-11-14-8-10-19-12-16(14)21-15-7-3-5-13-6-4-9-20-17(13)15/h3-10,12,18H,2,11H2,1H3. The van der Waals surface area contributed by atoms with Crippen molar-refractivity contribution in [2.45, 2.75) is 13.5 Å². The number of para-hydroxylation sites is 1. The second kappa shape index (κ2) is 6.33. The highest BCUT2D eigenvalue weighted by molar-refractivity contribution is 5.84. The Morgan fingerprint density at radius 1 is 1.05 bits per heavy atom. The Labute approximate surface area is 123 Å². The van der Waals surface area contributed by atoms with Gasteiger partial charge in [-0.05, 0) is 24.7 Å². The molecule has 1 N–H and O–H groups in total. The highest BCUT2D eigenvalue weighted by atomic mass is 16.5. The van der Waals surface area contributed by atoms with E-state index in [2.05, 4.69) is 22.2 Å². The van der Waals surface area contributed by atoms with E-state index in [-0.39, 0.29) is 0 Å². The minimum Gasteiger partial charge on any atom is -0.453 e. The van der Waals surface area contributed by atoms with Crippen molar-refractivity contribution in [1.29, 1.82) is 0 Å². The van der Waals surface area contributed by atoms with Gasteiger partial charge in [0.05, 0.1) is 6.20 Å². The molecule has 0 unspecified atom stereocenters. The van der Waals surface area contributed by atoms with Gasteiger partial charge in [0.2, 0.25) is 0 Å². The van der Waals surface area contributed by atoms with Crippen LogP contribution in [0, 0.1) is 0 Å². The van der Waals surface area contributed by atoms with Crippen LogP contribution in [0.4, 0.5) is 0 Å². The van der Waals surface area contributed by atoms with Gasteiger partial charge in [0.15, 0.2) is 5.75 Å². The molecule has 2 heterocycles. The lowest BCUT2D eigenvalue weighted by atomic mass is 10.2. The Hall–Kier alpha value is -2.46. The van der Waals surface area contributed by atoms with Crippen LogP contribution in [0.15, 0.2) is 55.0 Å². The molecule has 0 aliphatic rings. The normalized spacial score (nSPS) is 10.7. The number of aromatic nitrogens is 2. The molecular formula is C17H17N3O. The summed E-state index contributed by atoms with van der Waals surface area (Å²) in [5, 5.41) is 4.37.